The second-order valence-corrected chi connectivity index (χ2v) is 4.85. The molecule has 126 valence electrons. The first-order valence-corrected chi connectivity index (χ1v) is 6.45. The summed E-state index contributed by atoms with van der Waals surface area (Å²) in [4.78, 5) is 19.7. The molecule has 0 aliphatic heterocycles. The highest BCUT2D eigenvalue weighted by Crippen LogP contribution is 2.44. The lowest BCUT2D eigenvalue weighted by Crippen LogP contribution is -2.08. The lowest BCUT2D eigenvalue weighted by Gasteiger charge is -2.10. The van der Waals surface area contributed by atoms with Gasteiger partial charge in [0.25, 0.3) is 5.75 Å². The Bertz CT molecular complexity index is 773. The van der Waals surface area contributed by atoms with Crippen LogP contribution in [0.15, 0.2) is 36.4 Å². The van der Waals surface area contributed by atoms with Crippen molar-refractivity contribution in [3.63, 3.8) is 0 Å². The van der Waals surface area contributed by atoms with Gasteiger partial charge in [-0.25, -0.2) is 0 Å². The third-order valence-electron chi connectivity index (χ3n) is 2.80. The summed E-state index contributed by atoms with van der Waals surface area (Å²) >= 11 is 5.65. The first-order valence-electron chi connectivity index (χ1n) is 6.07. The second-order valence-electron chi connectivity index (χ2n) is 4.41. The van der Waals surface area contributed by atoms with E-state index in [4.69, 9.17) is 16.3 Å². The van der Waals surface area contributed by atoms with Crippen molar-refractivity contribution in [3.05, 3.63) is 67.2 Å². The highest BCUT2D eigenvalue weighted by molar-refractivity contribution is 6.30. The summed E-state index contributed by atoms with van der Waals surface area (Å²) in [7, 11) is 0. The van der Waals surface area contributed by atoms with Crippen LogP contribution in [0.1, 0.15) is 5.56 Å². The molecule has 2 rings (SSSR count). The van der Waals surface area contributed by atoms with Gasteiger partial charge in [0.05, 0.1) is 15.4 Å². The molecule has 0 aliphatic rings. The van der Waals surface area contributed by atoms with Crippen LogP contribution in [0.3, 0.4) is 0 Å². The van der Waals surface area contributed by atoms with Crippen LogP contribution in [0.4, 0.5) is 24.5 Å². The molecule has 0 unspecified atom stereocenters. The van der Waals surface area contributed by atoms with Gasteiger partial charge in [0.1, 0.15) is 5.75 Å². The molecule has 24 heavy (non-hydrogen) atoms. The smallest absolute Gasteiger partial charge is 0.416 e. The normalized spacial score (nSPS) is 11.2. The fourth-order valence-corrected chi connectivity index (χ4v) is 1.88. The quantitative estimate of drug-likeness (QED) is 0.565. The lowest BCUT2D eigenvalue weighted by atomic mass is 10.1. The van der Waals surface area contributed by atoms with Crippen LogP contribution in [0.2, 0.25) is 5.02 Å². The first-order chi connectivity index (χ1) is 11.1. The van der Waals surface area contributed by atoms with Gasteiger partial charge >= 0.3 is 17.6 Å². The van der Waals surface area contributed by atoms with E-state index in [9.17, 15) is 33.4 Å². The Labute approximate surface area is 136 Å². The van der Waals surface area contributed by atoms with Crippen LogP contribution in [-0.4, -0.2) is 9.85 Å². The molecule has 2 aromatic carbocycles. The maximum absolute atomic E-state index is 12.8. The number of nitro benzene ring substituents is 2. The molecule has 7 nitrogen and oxygen atoms in total. The molecule has 0 spiro atoms. The maximum atomic E-state index is 12.8. The summed E-state index contributed by atoms with van der Waals surface area (Å²) in [6.45, 7) is 0. The molecule has 0 saturated heterocycles. The van der Waals surface area contributed by atoms with Crippen molar-refractivity contribution in [2.24, 2.45) is 0 Å². The predicted molar refractivity (Wildman–Crippen MR) is 76.3 cm³/mol. The van der Waals surface area contributed by atoms with Crippen molar-refractivity contribution in [2.45, 2.75) is 6.18 Å². The number of halogens is 4. The highest BCUT2D eigenvalue weighted by Gasteiger charge is 2.38. The van der Waals surface area contributed by atoms with E-state index >= 15 is 0 Å². The van der Waals surface area contributed by atoms with Crippen LogP contribution in [0.5, 0.6) is 11.5 Å². The number of benzene rings is 2. The van der Waals surface area contributed by atoms with Crippen molar-refractivity contribution in [2.75, 3.05) is 0 Å². The number of hydrogen-bond acceptors (Lipinski definition) is 5. The molecule has 0 atom stereocenters. The molecule has 0 heterocycles. The van der Waals surface area contributed by atoms with Gasteiger partial charge in [0.15, 0.2) is 0 Å². The van der Waals surface area contributed by atoms with Crippen molar-refractivity contribution in [3.8, 4) is 11.5 Å². The van der Waals surface area contributed by atoms with E-state index in [1.165, 1.54) is 24.3 Å². The van der Waals surface area contributed by atoms with Crippen molar-refractivity contribution >= 4 is 23.0 Å². The fraction of sp³-hybridized carbons (Fsp3) is 0.0769. The van der Waals surface area contributed by atoms with Crippen LogP contribution < -0.4 is 4.74 Å². The van der Waals surface area contributed by atoms with Crippen LogP contribution in [-0.2, 0) is 6.18 Å². The number of alkyl halides is 3. The third-order valence-corrected chi connectivity index (χ3v) is 3.06. The molecule has 2 aromatic rings. The van der Waals surface area contributed by atoms with Gasteiger partial charge in [-0.3, -0.25) is 20.2 Å². The van der Waals surface area contributed by atoms with Crippen molar-refractivity contribution < 1.29 is 27.8 Å². The highest BCUT2D eigenvalue weighted by atomic mass is 35.5. The molecular formula is C13H6ClF3N2O5. The average molecular weight is 363 g/mol. The largest absolute Gasteiger partial charge is 0.444 e. The van der Waals surface area contributed by atoms with E-state index in [-0.39, 0.29) is 17.9 Å². The molecule has 0 saturated carbocycles. The molecule has 0 radical (unpaired) electrons. The van der Waals surface area contributed by atoms with E-state index in [1.54, 1.807) is 0 Å². The SMILES string of the molecule is O=[N+]([O-])c1cc(C(F)(F)F)cc([N+](=O)[O-])c1Oc1ccc(Cl)cc1. The Morgan fingerprint density at radius 1 is 0.958 bits per heavy atom. The zero-order valence-electron chi connectivity index (χ0n) is 11.4. The predicted octanol–water partition coefficient (Wildman–Crippen LogP) is 4.97. The Morgan fingerprint density at radius 2 is 1.42 bits per heavy atom. The summed E-state index contributed by atoms with van der Waals surface area (Å²) in [6.07, 6.45) is -4.99. The molecule has 0 aromatic heterocycles. The maximum Gasteiger partial charge on any atom is 0.416 e. The Kier molecular flexibility index (Phi) is 4.60. The van der Waals surface area contributed by atoms with E-state index in [0.29, 0.717) is 5.02 Å². The van der Waals surface area contributed by atoms with Crippen LogP contribution in [0, 0.1) is 20.2 Å². The van der Waals surface area contributed by atoms with Gasteiger partial charge in [0.2, 0.25) is 0 Å². The summed E-state index contributed by atoms with van der Waals surface area (Å²) in [5.74, 6) is -0.967. The van der Waals surface area contributed by atoms with E-state index in [2.05, 4.69) is 0 Å². The monoisotopic (exact) mass is 362 g/mol. The molecule has 0 N–H and O–H groups in total. The number of ether oxygens (including phenoxy) is 1. The molecule has 11 heteroatoms. The zero-order valence-corrected chi connectivity index (χ0v) is 12.2. The lowest BCUT2D eigenvalue weighted by molar-refractivity contribution is -0.396. The summed E-state index contributed by atoms with van der Waals surface area (Å²) in [5, 5.41) is 22.4. The zero-order chi connectivity index (χ0) is 18.1. The van der Waals surface area contributed by atoms with Crippen molar-refractivity contribution in [1.29, 1.82) is 0 Å². The van der Waals surface area contributed by atoms with Crippen LogP contribution in [0.25, 0.3) is 0 Å². The summed E-state index contributed by atoms with van der Waals surface area (Å²) < 4.78 is 43.4. The summed E-state index contributed by atoms with van der Waals surface area (Å²) in [6, 6.07) is 5.56. The minimum absolute atomic E-state index is 0.0645. The van der Waals surface area contributed by atoms with E-state index in [0.717, 1.165) is 0 Å². The molecule has 0 aliphatic carbocycles. The van der Waals surface area contributed by atoms with Gasteiger partial charge in [-0.2, -0.15) is 13.2 Å². The third kappa shape index (κ3) is 3.71. The van der Waals surface area contributed by atoms with Gasteiger partial charge in [0, 0.05) is 17.2 Å². The summed E-state index contributed by atoms with van der Waals surface area (Å²) in [5.41, 5.74) is -3.87. The average Bonchev–Trinajstić information content (AvgIpc) is 2.48. The first kappa shape index (κ1) is 17.5. The topological polar surface area (TPSA) is 95.5 Å². The van der Waals surface area contributed by atoms with E-state index in [1.807, 2.05) is 0 Å². The van der Waals surface area contributed by atoms with Gasteiger partial charge < -0.3 is 4.74 Å². The molecule has 0 bridgehead atoms. The van der Waals surface area contributed by atoms with Gasteiger partial charge in [-0.05, 0) is 24.3 Å². The molecule has 0 fully saturated rings. The standard InChI is InChI=1S/C13H6ClF3N2O5/c14-8-1-3-9(4-2-8)24-12-10(18(20)21)5-7(13(15,16)17)6-11(12)19(22)23/h1-6H. The Hall–Kier alpha value is -2.88. The second kappa shape index (κ2) is 6.32. The Morgan fingerprint density at radius 3 is 1.79 bits per heavy atom. The van der Waals surface area contributed by atoms with Gasteiger partial charge in [-0.1, -0.05) is 11.6 Å². The Balaban J connectivity index is 2.65. The van der Waals surface area contributed by atoms with Crippen molar-refractivity contribution in [1.82, 2.24) is 0 Å². The minimum atomic E-state index is -4.99. The van der Waals surface area contributed by atoms with Gasteiger partial charge in [-0.15, -0.1) is 0 Å². The number of hydrogen-bond donors (Lipinski definition) is 0. The van der Waals surface area contributed by atoms with E-state index < -0.39 is 38.7 Å². The fourth-order valence-electron chi connectivity index (χ4n) is 1.76. The number of nitro groups is 2. The number of nitrogens with zero attached hydrogens (tertiary/aromatic N) is 2. The van der Waals surface area contributed by atoms with Crippen LogP contribution >= 0.6 is 11.6 Å². The molecule has 0 amide bonds. The minimum Gasteiger partial charge on any atom is -0.444 e. The molecular weight excluding hydrogens is 357 g/mol. The number of rotatable bonds is 4.